The second-order valence-electron chi connectivity index (χ2n) is 1.25. The minimum atomic E-state index is 1.04. The van der Waals surface area contributed by atoms with Crippen LogP contribution in [0.1, 0.15) is 6.92 Å². The maximum atomic E-state index is 3.01. The van der Waals surface area contributed by atoms with E-state index in [4.69, 9.17) is 0 Å². The van der Waals surface area contributed by atoms with Gasteiger partial charge in [-0.1, -0.05) is 13.2 Å². The second-order valence-corrected chi connectivity index (χ2v) is 1.25. The van der Waals surface area contributed by atoms with Crippen LogP contribution in [0.5, 0.6) is 0 Å². The Morgan fingerprint density at radius 1 is 1.67 bits per heavy atom. The van der Waals surface area contributed by atoms with Crippen LogP contribution in [0.3, 0.4) is 0 Å². The maximum absolute atomic E-state index is 3.01. The van der Waals surface area contributed by atoms with Crippen LogP contribution in [0.4, 0.5) is 0 Å². The molecule has 0 aliphatic rings. The Morgan fingerprint density at radius 3 is 2.50 bits per heavy atom. The lowest BCUT2D eigenvalue weighted by atomic mass is 9.76. The summed E-state index contributed by atoms with van der Waals surface area (Å²) in [6.45, 7) is 2.14. The van der Waals surface area contributed by atoms with Gasteiger partial charge in [-0.3, -0.25) is 0 Å². The highest BCUT2D eigenvalue weighted by molar-refractivity contribution is 6.35. The van der Waals surface area contributed by atoms with Crippen LogP contribution < -0.4 is 5.32 Å². The first-order valence-corrected chi connectivity index (χ1v) is 2.38. The van der Waals surface area contributed by atoms with Crippen molar-refractivity contribution >= 4 is 7.28 Å². The highest BCUT2D eigenvalue weighted by atomic mass is 14.8. The molecule has 2 heteroatoms. The zero-order valence-corrected chi connectivity index (χ0v) is 4.49. The lowest BCUT2D eigenvalue weighted by molar-refractivity contribution is 0.963. The Morgan fingerprint density at radius 2 is 2.33 bits per heavy atom. The van der Waals surface area contributed by atoms with Crippen LogP contribution in [0.25, 0.3) is 0 Å². The topological polar surface area (TPSA) is 12.0 Å². The molecule has 1 N–H and O–H groups in total. The van der Waals surface area contributed by atoms with Gasteiger partial charge in [-0.2, -0.15) is 0 Å². The fourth-order valence-corrected chi connectivity index (χ4v) is 0.289. The summed E-state index contributed by atoms with van der Waals surface area (Å²) in [7, 11) is 4.15. The van der Waals surface area contributed by atoms with Gasteiger partial charge in [-0.05, 0) is 13.5 Å². The highest BCUT2D eigenvalue weighted by Gasteiger charge is 1.77. The first-order valence-electron chi connectivity index (χ1n) is 2.38. The van der Waals surface area contributed by atoms with Crippen molar-refractivity contribution in [1.82, 2.24) is 5.32 Å². The third-order valence-corrected chi connectivity index (χ3v) is 0.637. The average Bonchev–Trinajstić information content (AvgIpc) is 1.61. The van der Waals surface area contributed by atoms with Crippen molar-refractivity contribution in [1.29, 1.82) is 0 Å². The van der Waals surface area contributed by atoms with E-state index < -0.39 is 0 Å². The van der Waals surface area contributed by atoms with Gasteiger partial charge >= 0.3 is 0 Å². The van der Waals surface area contributed by atoms with Crippen LogP contribution in [0.15, 0.2) is 0 Å². The fourth-order valence-electron chi connectivity index (χ4n) is 0.289. The second kappa shape index (κ2) is 5.02. The average molecular weight is 84.0 g/mol. The van der Waals surface area contributed by atoms with E-state index in [1.54, 1.807) is 0 Å². The molecule has 0 spiro atoms. The molecule has 0 aromatic rings. The van der Waals surface area contributed by atoms with Gasteiger partial charge in [0.05, 0.1) is 0 Å². The molecule has 0 aliphatic carbocycles. The molecule has 0 amide bonds. The van der Waals surface area contributed by atoms with Crippen LogP contribution >= 0.6 is 0 Å². The number of hydrogen-bond acceptors (Lipinski definition) is 1. The molecule has 0 fully saturated rings. The van der Waals surface area contributed by atoms with Crippen molar-refractivity contribution in [3.63, 3.8) is 0 Å². The summed E-state index contributed by atoms with van der Waals surface area (Å²) < 4.78 is 0. The summed E-state index contributed by atoms with van der Waals surface area (Å²) in [4.78, 5) is 0. The molecular weight excluding hydrogens is 72.9 g/mol. The van der Waals surface area contributed by atoms with Gasteiger partial charge in [0, 0.05) is 0 Å². The Bertz CT molecular complexity index is 19.5. The molecule has 1 nitrogen and oxygen atoms in total. The molecule has 0 unspecified atom stereocenters. The van der Waals surface area contributed by atoms with Crippen LogP contribution in [0, 0.1) is 0 Å². The normalized spacial score (nSPS) is 8.33. The van der Waals surface area contributed by atoms with Crippen molar-refractivity contribution in [2.24, 2.45) is 0 Å². The van der Waals surface area contributed by atoms with E-state index in [1.165, 1.54) is 6.32 Å². The van der Waals surface area contributed by atoms with Gasteiger partial charge in [-0.15, -0.1) is 0 Å². The minimum Gasteiger partial charge on any atom is -0.328 e. The van der Waals surface area contributed by atoms with Crippen LogP contribution in [-0.4, -0.2) is 20.8 Å². The number of nitrogens with one attached hydrogen (secondary N) is 1. The van der Waals surface area contributed by atoms with Gasteiger partial charge in [0.25, 0.3) is 0 Å². The van der Waals surface area contributed by atoms with E-state index in [-0.39, 0.29) is 0 Å². The van der Waals surface area contributed by atoms with Crippen molar-refractivity contribution in [3.05, 3.63) is 0 Å². The smallest absolute Gasteiger partial charge is 0.128 e. The molecule has 0 saturated carbocycles. The van der Waals surface area contributed by atoms with Gasteiger partial charge < -0.3 is 5.32 Å². The molecule has 0 aliphatic heterocycles. The van der Waals surface area contributed by atoms with Gasteiger partial charge in [0.2, 0.25) is 0 Å². The standard InChI is InChI=1S/C4H11BN/c1-3-5-4-6-2/h6H,3-4H2,1-2H3. The van der Waals surface area contributed by atoms with Crippen LogP contribution in [0.2, 0.25) is 6.32 Å². The van der Waals surface area contributed by atoms with Gasteiger partial charge in [0.1, 0.15) is 7.28 Å². The largest absolute Gasteiger partial charge is 0.328 e. The van der Waals surface area contributed by atoms with Gasteiger partial charge in [0.15, 0.2) is 0 Å². The summed E-state index contributed by atoms with van der Waals surface area (Å²) in [6.07, 6.45) is 2.21. The molecular formula is C4H11BN. The van der Waals surface area contributed by atoms with Crippen molar-refractivity contribution in [3.8, 4) is 0 Å². The van der Waals surface area contributed by atoms with E-state index in [1.807, 2.05) is 7.05 Å². The minimum absolute atomic E-state index is 1.04. The summed E-state index contributed by atoms with van der Waals surface area (Å²) in [5, 5.41) is 3.01. The molecule has 0 bridgehead atoms. The van der Waals surface area contributed by atoms with Crippen molar-refractivity contribution < 1.29 is 0 Å². The first kappa shape index (κ1) is 6.02. The number of hydrogen-bond donors (Lipinski definition) is 1. The number of rotatable bonds is 3. The van der Waals surface area contributed by atoms with E-state index in [2.05, 4.69) is 19.5 Å². The molecule has 0 heterocycles. The van der Waals surface area contributed by atoms with E-state index in [0.29, 0.717) is 0 Å². The Hall–Kier alpha value is 0.0249. The lowest BCUT2D eigenvalue weighted by Crippen LogP contribution is -2.13. The summed E-state index contributed by atoms with van der Waals surface area (Å²) in [6, 6.07) is 0. The third-order valence-electron chi connectivity index (χ3n) is 0.637. The highest BCUT2D eigenvalue weighted by Crippen LogP contribution is 1.66. The molecule has 35 valence electrons. The third kappa shape index (κ3) is 4.02. The predicted octanol–water partition coefficient (Wildman–Crippen LogP) is 0.306. The molecule has 0 aromatic heterocycles. The quantitative estimate of drug-likeness (QED) is 0.383. The van der Waals surface area contributed by atoms with E-state index >= 15 is 0 Å². The summed E-state index contributed by atoms with van der Waals surface area (Å²) in [5.74, 6) is 0. The predicted molar refractivity (Wildman–Crippen MR) is 30.2 cm³/mol. The fraction of sp³-hybridized carbons (Fsp3) is 1.00. The Kier molecular flexibility index (Phi) is 5.05. The Balaban J connectivity index is 2.34. The zero-order valence-electron chi connectivity index (χ0n) is 4.49. The summed E-state index contributed by atoms with van der Waals surface area (Å²) >= 11 is 0. The monoisotopic (exact) mass is 84.1 g/mol. The lowest BCUT2D eigenvalue weighted by Gasteiger charge is -1.87. The van der Waals surface area contributed by atoms with Crippen LogP contribution in [-0.2, 0) is 0 Å². The SMILES string of the molecule is CC[B]CNC. The molecule has 0 atom stereocenters. The van der Waals surface area contributed by atoms with Crippen molar-refractivity contribution in [2.75, 3.05) is 13.5 Å². The van der Waals surface area contributed by atoms with Crippen molar-refractivity contribution in [2.45, 2.75) is 13.2 Å². The molecule has 0 aromatic carbocycles. The zero-order chi connectivity index (χ0) is 4.83. The van der Waals surface area contributed by atoms with E-state index in [0.717, 1.165) is 6.44 Å². The first-order chi connectivity index (χ1) is 2.91. The molecule has 1 radical (unpaired) electrons. The maximum Gasteiger partial charge on any atom is 0.128 e. The molecule has 0 rings (SSSR count). The van der Waals surface area contributed by atoms with E-state index in [9.17, 15) is 0 Å². The summed E-state index contributed by atoms with van der Waals surface area (Å²) in [5.41, 5.74) is 0. The molecule has 0 saturated heterocycles. The van der Waals surface area contributed by atoms with Gasteiger partial charge in [-0.25, -0.2) is 0 Å². The molecule has 6 heavy (non-hydrogen) atoms. The Labute approximate surface area is 40.4 Å².